The summed E-state index contributed by atoms with van der Waals surface area (Å²) >= 11 is 4.12. The number of nitrogens with zero attached hydrogens (tertiary/aromatic N) is 2. The van der Waals surface area contributed by atoms with Crippen molar-refractivity contribution in [3.8, 4) is 0 Å². The van der Waals surface area contributed by atoms with Crippen molar-refractivity contribution in [2.24, 2.45) is 0 Å². The van der Waals surface area contributed by atoms with Crippen LogP contribution in [0.5, 0.6) is 0 Å². The summed E-state index contributed by atoms with van der Waals surface area (Å²) in [5, 5.41) is 4.54. The second kappa shape index (κ2) is 8.89. The number of aryl methyl sites for hydroxylation is 1. The van der Waals surface area contributed by atoms with Crippen molar-refractivity contribution >= 4 is 29.3 Å². The van der Waals surface area contributed by atoms with Crippen LogP contribution in [0, 0.1) is 0 Å². The smallest absolute Gasteiger partial charge is 0.145 e. The summed E-state index contributed by atoms with van der Waals surface area (Å²) in [6.45, 7) is 7.65. The summed E-state index contributed by atoms with van der Waals surface area (Å²) in [5.74, 6) is 4.53. The van der Waals surface area contributed by atoms with Gasteiger partial charge in [-0.05, 0) is 19.3 Å². The zero-order chi connectivity index (χ0) is 15.1. The lowest BCUT2D eigenvalue weighted by Crippen LogP contribution is -2.21. The van der Waals surface area contributed by atoms with E-state index in [4.69, 9.17) is 9.97 Å². The largest absolute Gasteiger partial charge is 0.370 e. The molecule has 1 aliphatic heterocycles. The second-order valence-electron chi connectivity index (χ2n) is 5.39. The van der Waals surface area contributed by atoms with Gasteiger partial charge in [0.05, 0.1) is 5.25 Å². The normalized spacial score (nSPS) is 22.2. The lowest BCUT2D eigenvalue weighted by Gasteiger charge is -2.29. The second-order valence-corrected chi connectivity index (χ2v) is 7.98. The standard InChI is InChI=1S/C16H27N3S2/c1-4-7-12-11-14(17-8-5-2)19-16(18-12)15-13(6-3)20-9-10-21-15/h11,13,15H,4-10H2,1-3H3,(H,17,18,19). The van der Waals surface area contributed by atoms with E-state index in [0.717, 1.165) is 37.4 Å². The molecule has 1 N–H and O–H groups in total. The molecule has 0 aromatic carbocycles. The molecule has 118 valence electrons. The van der Waals surface area contributed by atoms with Gasteiger partial charge in [-0.15, -0.1) is 11.8 Å². The SMILES string of the molecule is CCCNc1cc(CCC)nc(C2SCCSC2CC)n1. The van der Waals surface area contributed by atoms with E-state index in [-0.39, 0.29) is 0 Å². The summed E-state index contributed by atoms with van der Waals surface area (Å²) in [6.07, 6.45) is 4.49. The van der Waals surface area contributed by atoms with Gasteiger partial charge in [0.2, 0.25) is 0 Å². The highest BCUT2D eigenvalue weighted by molar-refractivity contribution is 8.06. The van der Waals surface area contributed by atoms with Gasteiger partial charge in [-0.1, -0.05) is 27.2 Å². The number of hydrogen-bond donors (Lipinski definition) is 1. The summed E-state index contributed by atoms with van der Waals surface area (Å²) in [7, 11) is 0. The maximum absolute atomic E-state index is 4.87. The lowest BCUT2D eigenvalue weighted by molar-refractivity contribution is 0.735. The molecule has 2 heterocycles. The van der Waals surface area contributed by atoms with E-state index in [0.29, 0.717) is 10.5 Å². The van der Waals surface area contributed by atoms with Crippen molar-refractivity contribution in [3.05, 3.63) is 17.6 Å². The minimum Gasteiger partial charge on any atom is -0.370 e. The molecule has 1 aromatic rings. The van der Waals surface area contributed by atoms with Gasteiger partial charge in [0.25, 0.3) is 0 Å². The van der Waals surface area contributed by atoms with Crippen molar-refractivity contribution in [1.29, 1.82) is 0 Å². The monoisotopic (exact) mass is 325 g/mol. The van der Waals surface area contributed by atoms with Crippen LogP contribution in [0.1, 0.15) is 56.8 Å². The number of aromatic nitrogens is 2. The van der Waals surface area contributed by atoms with Crippen molar-refractivity contribution in [2.75, 3.05) is 23.4 Å². The molecule has 1 aliphatic rings. The van der Waals surface area contributed by atoms with Gasteiger partial charge in [0.1, 0.15) is 11.6 Å². The Morgan fingerprint density at radius 2 is 1.95 bits per heavy atom. The molecular formula is C16H27N3S2. The number of anilines is 1. The maximum Gasteiger partial charge on any atom is 0.145 e. The third-order valence-corrected chi connectivity index (χ3v) is 6.81. The molecular weight excluding hydrogens is 298 g/mol. The van der Waals surface area contributed by atoms with Crippen LogP contribution < -0.4 is 5.32 Å². The summed E-state index contributed by atoms with van der Waals surface area (Å²) in [6, 6.07) is 2.13. The van der Waals surface area contributed by atoms with Crippen molar-refractivity contribution in [1.82, 2.24) is 9.97 Å². The van der Waals surface area contributed by atoms with Gasteiger partial charge in [0.15, 0.2) is 0 Å². The molecule has 0 saturated carbocycles. The molecule has 0 bridgehead atoms. The molecule has 3 nitrogen and oxygen atoms in total. The fourth-order valence-electron chi connectivity index (χ4n) is 2.52. The molecule has 0 radical (unpaired) electrons. The van der Waals surface area contributed by atoms with Crippen molar-refractivity contribution in [3.63, 3.8) is 0 Å². The summed E-state index contributed by atoms with van der Waals surface area (Å²) in [5.41, 5.74) is 1.19. The number of nitrogens with one attached hydrogen (secondary N) is 1. The maximum atomic E-state index is 4.87. The molecule has 0 amide bonds. The highest BCUT2D eigenvalue weighted by atomic mass is 32.2. The Morgan fingerprint density at radius 1 is 1.14 bits per heavy atom. The Labute approximate surface area is 137 Å². The molecule has 2 rings (SSSR count). The molecule has 2 atom stereocenters. The highest BCUT2D eigenvalue weighted by Crippen LogP contribution is 2.43. The number of thioether (sulfide) groups is 2. The van der Waals surface area contributed by atoms with Gasteiger partial charge in [-0.25, -0.2) is 9.97 Å². The Kier molecular flexibility index (Phi) is 7.17. The molecule has 0 spiro atoms. The van der Waals surface area contributed by atoms with E-state index < -0.39 is 0 Å². The molecule has 0 aliphatic carbocycles. The van der Waals surface area contributed by atoms with E-state index in [2.05, 4.69) is 43.9 Å². The minimum absolute atomic E-state index is 0.452. The summed E-state index contributed by atoms with van der Waals surface area (Å²) in [4.78, 5) is 9.69. The molecule has 1 saturated heterocycles. The quantitative estimate of drug-likeness (QED) is 0.796. The van der Waals surface area contributed by atoms with Crippen LogP contribution in [-0.2, 0) is 6.42 Å². The van der Waals surface area contributed by atoms with E-state index in [9.17, 15) is 0 Å². The van der Waals surface area contributed by atoms with Crippen LogP contribution in [-0.4, -0.2) is 33.3 Å². The van der Waals surface area contributed by atoms with Gasteiger partial charge in [0, 0.05) is 35.1 Å². The van der Waals surface area contributed by atoms with Crippen LogP contribution in [0.4, 0.5) is 5.82 Å². The van der Waals surface area contributed by atoms with Crippen molar-refractivity contribution in [2.45, 2.75) is 57.0 Å². The molecule has 5 heteroatoms. The predicted molar refractivity (Wildman–Crippen MR) is 96.5 cm³/mol. The van der Waals surface area contributed by atoms with Gasteiger partial charge < -0.3 is 5.32 Å². The third kappa shape index (κ3) is 4.78. The Hall–Kier alpha value is -0.420. The van der Waals surface area contributed by atoms with Crippen molar-refractivity contribution < 1.29 is 0 Å². The first-order valence-corrected chi connectivity index (χ1v) is 10.2. The molecule has 2 unspecified atom stereocenters. The first-order valence-electron chi connectivity index (χ1n) is 8.13. The molecule has 21 heavy (non-hydrogen) atoms. The van der Waals surface area contributed by atoms with Crippen LogP contribution >= 0.6 is 23.5 Å². The Balaban J connectivity index is 2.24. The van der Waals surface area contributed by atoms with E-state index in [1.54, 1.807) is 0 Å². The van der Waals surface area contributed by atoms with E-state index >= 15 is 0 Å². The van der Waals surface area contributed by atoms with Crippen LogP contribution in [0.2, 0.25) is 0 Å². The average Bonchev–Trinajstić information content (AvgIpc) is 2.53. The van der Waals surface area contributed by atoms with Gasteiger partial charge in [-0.2, -0.15) is 11.8 Å². The molecule has 1 fully saturated rings. The van der Waals surface area contributed by atoms with E-state index in [1.165, 1.54) is 23.6 Å². The van der Waals surface area contributed by atoms with Gasteiger partial charge >= 0.3 is 0 Å². The number of hydrogen-bond acceptors (Lipinski definition) is 5. The van der Waals surface area contributed by atoms with E-state index in [1.807, 2.05) is 11.8 Å². The fourth-order valence-corrected chi connectivity index (χ4v) is 5.51. The first-order chi connectivity index (χ1) is 10.3. The van der Waals surface area contributed by atoms with Crippen LogP contribution in [0.25, 0.3) is 0 Å². The average molecular weight is 326 g/mol. The Morgan fingerprint density at radius 3 is 2.67 bits per heavy atom. The Bertz CT molecular complexity index is 440. The predicted octanol–water partition coefficient (Wildman–Crippen LogP) is 4.55. The topological polar surface area (TPSA) is 37.8 Å². The zero-order valence-electron chi connectivity index (χ0n) is 13.4. The van der Waals surface area contributed by atoms with Crippen LogP contribution in [0.3, 0.4) is 0 Å². The zero-order valence-corrected chi connectivity index (χ0v) is 15.0. The summed E-state index contributed by atoms with van der Waals surface area (Å²) < 4.78 is 0. The third-order valence-electron chi connectivity index (χ3n) is 3.57. The van der Waals surface area contributed by atoms with Crippen LogP contribution in [0.15, 0.2) is 6.07 Å². The van der Waals surface area contributed by atoms with Gasteiger partial charge in [-0.3, -0.25) is 0 Å². The first kappa shape index (κ1) is 16.9. The fraction of sp³-hybridized carbons (Fsp3) is 0.750. The number of rotatable bonds is 7. The highest BCUT2D eigenvalue weighted by Gasteiger charge is 2.29. The lowest BCUT2D eigenvalue weighted by atomic mass is 10.2. The minimum atomic E-state index is 0.452. The molecule has 1 aromatic heterocycles.